The number of carbonyl (C=O) groups excluding carboxylic acids is 1. The molecule has 1 N–H and O–H groups in total. The van der Waals surface area contributed by atoms with Gasteiger partial charge in [-0.25, -0.2) is 13.2 Å². The summed E-state index contributed by atoms with van der Waals surface area (Å²) in [5.41, 5.74) is 0. The molecule has 1 atom stereocenters. The summed E-state index contributed by atoms with van der Waals surface area (Å²) >= 11 is 5.80. The molecule has 2 aromatic rings. The van der Waals surface area contributed by atoms with E-state index in [1.807, 2.05) is 0 Å². The maximum absolute atomic E-state index is 12.9. The molecule has 124 valence electrons. The summed E-state index contributed by atoms with van der Waals surface area (Å²) in [6.45, 7) is -0.102. The highest BCUT2D eigenvalue weighted by atomic mass is 35.5. The second-order valence-corrected chi connectivity index (χ2v) is 7.65. The molecule has 2 amide bonds. The lowest BCUT2D eigenvalue weighted by Crippen LogP contribution is -2.38. The van der Waals surface area contributed by atoms with Gasteiger partial charge in [-0.05, 0) is 36.4 Å². The van der Waals surface area contributed by atoms with Crippen LogP contribution in [0.2, 0.25) is 5.02 Å². The third-order valence-corrected chi connectivity index (χ3v) is 5.55. The van der Waals surface area contributed by atoms with E-state index in [2.05, 4.69) is 5.32 Å². The lowest BCUT2D eigenvalue weighted by Gasteiger charge is -2.18. The van der Waals surface area contributed by atoms with Crippen LogP contribution in [0.25, 0.3) is 0 Å². The molecule has 0 aliphatic carbocycles. The summed E-state index contributed by atoms with van der Waals surface area (Å²) in [6.07, 6.45) is 1.40. The third kappa shape index (κ3) is 4.05. The highest BCUT2D eigenvalue weighted by molar-refractivity contribution is 7.91. The van der Waals surface area contributed by atoms with Gasteiger partial charge in [0.25, 0.3) is 0 Å². The van der Waals surface area contributed by atoms with E-state index < -0.39 is 15.1 Å². The highest BCUT2D eigenvalue weighted by Crippen LogP contribution is 2.29. The van der Waals surface area contributed by atoms with Crippen molar-refractivity contribution in [1.29, 1.82) is 0 Å². The Morgan fingerprint density at radius 1 is 1.26 bits per heavy atom. The van der Waals surface area contributed by atoms with Crippen LogP contribution >= 0.6 is 11.6 Å². The van der Waals surface area contributed by atoms with Crippen LogP contribution in [-0.4, -0.2) is 40.0 Å². The average molecular weight is 357 g/mol. The first-order valence-electron chi connectivity index (χ1n) is 6.80. The predicted octanol–water partition coefficient (Wildman–Crippen LogP) is 2.72. The van der Waals surface area contributed by atoms with Crippen LogP contribution in [0.1, 0.15) is 11.0 Å². The number of hydrogen-bond donors (Lipinski definition) is 1. The van der Waals surface area contributed by atoms with Crippen molar-refractivity contribution in [2.45, 2.75) is 10.1 Å². The lowest BCUT2D eigenvalue weighted by atomic mass is 10.3. The molecule has 6 nitrogen and oxygen atoms in total. The van der Waals surface area contributed by atoms with Gasteiger partial charge >= 0.3 is 6.03 Å². The molecule has 0 bridgehead atoms. The molecule has 0 aliphatic heterocycles. The van der Waals surface area contributed by atoms with Crippen LogP contribution in [-0.2, 0) is 9.84 Å². The topological polar surface area (TPSA) is 79.6 Å². The molecule has 0 fully saturated rings. The molecule has 1 aromatic carbocycles. The fraction of sp³-hybridized carbons (Fsp3) is 0.267. The van der Waals surface area contributed by atoms with Gasteiger partial charge in [-0.15, -0.1) is 0 Å². The summed E-state index contributed by atoms with van der Waals surface area (Å²) in [5.74, 6) is 0.263. The zero-order valence-electron chi connectivity index (χ0n) is 12.7. The number of nitrogens with zero attached hydrogens (tertiary/aromatic N) is 1. The monoisotopic (exact) mass is 356 g/mol. The zero-order valence-corrected chi connectivity index (χ0v) is 14.3. The number of rotatable bonds is 5. The number of carbonyl (C=O) groups is 1. The number of urea groups is 1. The Morgan fingerprint density at radius 2 is 1.91 bits per heavy atom. The Hall–Kier alpha value is -1.99. The van der Waals surface area contributed by atoms with E-state index in [1.54, 1.807) is 26.2 Å². The highest BCUT2D eigenvalue weighted by Gasteiger charge is 2.32. The van der Waals surface area contributed by atoms with Crippen molar-refractivity contribution in [3.8, 4) is 0 Å². The fourth-order valence-electron chi connectivity index (χ4n) is 1.96. The predicted molar refractivity (Wildman–Crippen MR) is 87.2 cm³/mol. The molecular weight excluding hydrogens is 340 g/mol. The first kappa shape index (κ1) is 17.4. The van der Waals surface area contributed by atoms with Gasteiger partial charge in [0.15, 0.2) is 9.84 Å². The smallest absolute Gasteiger partial charge is 0.316 e. The summed E-state index contributed by atoms with van der Waals surface area (Å²) < 4.78 is 31.0. The molecular formula is C15H17ClN2O4S. The molecule has 23 heavy (non-hydrogen) atoms. The largest absolute Gasteiger partial charge is 0.468 e. The summed E-state index contributed by atoms with van der Waals surface area (Å²) in [5, 5.41) is 2.00. The van der Waals surface area contributed by atoms with Gasteiger partial charge in [-0.2, -0.15) is 0 Å². The summed E-state index contributed by atoms with van der Waals surface area (Å²) in [7, 11) is -0.599. The van der Waals surface area contributed by atoms with Crippen LogP contribution < -0.4 is 5.32 Å². The second-order valence-electron chi connectivity index (χ2n) is 5.08. The van der Waals surface area contributed by atoms with E-state index >= 15 is 0 Å². The quantitative estimate of drug-likeness (QED) is 0.893. The van der Waals surface area contributed by atoms with Crippen molar-refractivity contribution in [2.24, 2.45) is 0 Å². The molecule has 8 heteroatoms. The van der Waals surface area contributed by atoms with Gasteiger partial charge in [0.2, 0.25) is 0 Å². The molecule has 2 rings (SSSR count). The van der Waals surface area contributed by atoms with Gasteiger partial charge in [0.1, 0.15) is 11.0 Å². The van der Waals surface area contributed by atoms with Gasteiger partial charge in [0.05, 0.1) is 11.2 Å². The fourth-order valence-corrected chi connectivity index (χ4v) is 3.68. The first-order chi connectivity index (χ1) is 10.8. The number of halogens is 1. The number of benzene rings is 1. The first-order valence-corrected chi connectivity index (χ1v) is 8.73. The van der Waals surface area contributed by atoms with E-state index in [4.69, 9.17) is 16.0 Å². The summed E-state index contributed by atoms with van der Waals surface area (Å²) in [4.78, 5) is 13.1. The number of furan rings is 1. The van der Waals surface area contributed by atoms with E-state index in [1.165, 1.54) is 35.4 Å². The summed E-state index contributed by atoms with van der Waals surface area (Å²) in [6, 6.07) is 8.67. The van der Waals surface area contributed by atoms with Crippen LogP contribution in [0.5, 0.6) is 0 Å². The molecule has 1 aromatic heterocycles. The molecule has 0 saturated carbocycles. The van der Waals surface area contributed by atoms with Gasteiger partial charge in [-0.3, -0.25) is 0 Å². The second kappa shape index (κ2) is 7.06. The molecule has 1 heterocycles. The minimum absolute atomic E-state index is 0.102. The van der Waals surface area contributed by atoms with Gasteiger partial charge in [0, 0.05) is 25.7 Å². The molecule has 0 saturated heterocycles. The maximum atomic E-state index is 12.9. The van der Waals surface area contributed by atoms with Crippen LogP contribution in [0.15, 0.2) is 52.0 Å². The molecule has 1 unspecified atom stereocenters. The molecule has 0 spiro atoms. The molecule has 0 aliphatic rings. The van der Waals surface area contributed by atoms with Crippen molar-refractivity contribution in [2.75, 3.05) is 20.6 Å². The van der Waals surface area contributed by atoms with Crippen molar-refractivity contribution in [3.63, 3.8) is 0 Å². The van der Waals surface area contributed by atoms with E-state index in [9.17, 15) is 13.2 Å². The Morgan fingerprint density at radius 3 is 2.43 bits per heavy atom. The number of nitrogens with one attached hydrogen (secondary N) is 1. The normalized spacial score (nSPS) is 12.7. The van der Waals surface area contributed by atoms with Crippen LogP contribution in [0.4, 0.5) is 4.79 Å². The van der Waals surface area contributed by atoms with E-state index in [-0.39, 0.29) is 23.2 Å². The van der Waals surface area contributed by atoms with E-state index in [0.717, 1.165) is 0 Å². The van der Waals surface area contributed by atoms with E-state index in [0.29, 0.717) is 5.02 Å². The van der Waals surface area contributed by atoms with Crippen LogP contribution in [0, 0.1) is 0 Å². The average Bonchev–Trinajstić information content (AvgIpc) is 3.01. The number of amides is 2. The lowest BCUT2D eigenvalue weighted by molar-refractivity contribution is 0.217. The Balaban J connectivity index is 2.33. The SMILES string of the molecule is CN(C)C(=O)NCC(c1ccco1)S(=O)(=O)c1ccc(Cl)cc1. The molecule has 0 radical (unpaired) electrons. The standard InChI is InChI=1S/C15H17ClN2O4S/c1-18(2)15(19)17-10-14(13-4-3-9-22-13)23(20,21)12-7-5-11(16)6-8-12/h3-9,14H,10H2,1-2H3,(H,17,19). The third-order valence-electron chi connectivity index (χ3n) is 3.22. The number of hydrogen-bond acceptors (Lipinski definition) is 4. The van der Waals surface area contributed by atoms with Crippen molar-refractivity contribution < 1.29 is 17.6 Å². The maximum Gasteiger partial charge on any atom is 0.316 e. The van der Waals surface area contributed by atoms with Gasteiger partial charge in [-0.1, -0.05) is 11.6 Å². The Kier molecular flexibility index (Phi) is 5.33. The van der Waals surface area contributed by atoms with Crippen molar-refractivity contribution in [3.05, 3.63) is 53.4 Å². The van der Waals surface area contributed by atoms with Crippen molar-refractivity contribution >= 4 is 27.5 Å². The minimum atomic E-state index is -3.75. The number of sulfone groups is 1. The van der Waals surface area contributed by atoms with Crippen molar-refractivity contribution in [1.82, 2.24) is 10.2 Å². The Labute approximate surface area is 140 Å². The van der Waals surface area contributed by atoms with Crippen LogP contribution in [0.3, 0.4) is 0 Å². The Bertz CT molecular complexity index is 755. The minimum Gasteiger partial charge on any atom is -0.468 e. The van der Waals surface area contributed by atoms with Gasteiger partial charge < -0.3 is 14.6 Å². The zero-order chi connectivity index (χ0) is 17.0.